The Kier molecular flexibility index (Phi) is 2.62. The Morgan fingerprint density at radius 3 is 2.60 bits per heavy atom. The van der Waals surface area contributed by atoms with E-state index in [1.165, 1.54) is 0 Å². The number of hydrogen-bond acceptors (Lipinski definition) is 1. The summed E-state index contributed by atoms with van der Waals surface area (Å²) in [6.07, 6.45) is 0. The highest BCUT2D eigenvalue weighted by atomic mass is 16.4. The Hall–Kier alpha value is -1.18. The molecular formula is C8H9BO. The molecule has 2 heteroatoms. The molecule has 0 unspecified atom stereocenters. The standard InChI is InChI=1S/C8H9BO/c1-2-9-10-8-6-4-3-5-7-8/h2-7,9H,1H2. The average Bonchev–Trinajstić information content (AvgIpc) is 2.03. The molecule has 0 atom stereocenters. The van der Waals surface area contributed by atoms with Gasteiger partial charge < -0.3 is 4.65 Å². The topological polar surface area (TPSA) is 9.23 Å². The van der Waals surface area contributed by atoms with Crippen molar-refractivity contribution < 1.29 is 4.65 Å². The summed E-state index contributed by atoms with van der Waals surface area (Å²) >= 11 is 0. The molecule has 0 aromatic heterocycles. The van der Waals surface area contributed by atoms with Gasteiger partial charge in [-0.3, -0.25) is 0 Å². The van der Waals surface area contributed by atoms with E-state index in [1.807, 2.05) is 30.3 Å². The van der Waals surface area contributed by atoms with Crippen molar-refractivity contribution in [1.82, 2.24) is 0 Å². The van der Waals surface area contributed by atoms with Crippen molar-refractivity contribution in [3.63, 3.8) is 0 Å². The summed E-state index contributed by atoms with van der Waals surface area (Å²) in [5.74, 6) is 2.62. The lowest BCUT2D eigenvalue weighted by atomic mass is 10.0. The van der Waals surface area contributed by atoms with Gasteiger partial charge in [0.1, 0.15) is 0 Å². The van der Waals surface area contributed by atoms with Gasteiger partial charge in [-0.1, -0.05) is 24.2 Å². The lowest BCUT2D eigenvalue weighted by Gasteiger charge is -1.99. The summed E-state index contributed by atoms with van der Waals surface area (Å²) in [5.41, 5.74) is 0. The Bertz CT molecular complexity index is 196. The SMILES string of the molecule is C=CBOc1ccccc1. The molecule has 0 heterocycles. The van der Waals surface area contributed by atoms with Gasteiger partial charge in [0.15, 0.2) is 0 Å². The van der Waals surface area contributed by atoms with Crippen LogP contribution in [0.5, 0.6) is 5.75 Å². The van der Waals surface area contributed by atoms with E-state index >= 15 is 0 Å². The highest BCUT2D eigenvalue weighted by molar-refractivity contribution is 6.35. The van der Waals surface area contributed by atoms with Crippen molar-refractivity contribution in [3.05, 3.63) is 42.9 Å². The second kappa shape index (κ2) is 3.78. The lowest BCUT2D eigenvalue weighted by molar-refractivity contribution is 0.604. The van der Waals surface area contributed by atoms with E-state index in [0.29, 0.717) is 7.48 Å². The van der Waals surface area contributed by atoms with E-state index in [4.69, 9.17) is 4.65 Å². The molecule has 0 bridgehead atoms. The zero-order chi connectivity index (χ0) is 7.23. The van der Waals surface area contributed by atoms with Crippen LogP contribution in [-0.2, 0) is 0 Å². The van der Waals surface area contributed by atoms with Crippen LogP contribution in [-0.4, -0.2) is 7.48 Å². The van der Waals surface area contributed by atoms with Gasteiger partial charge in [-0.25, -0.2) is 0 Å². The van der Waals surface area contributed by atoms with E-state index in [1.54, 1.807) is 5.98 Å². The predicted octanol–water partition coefficient (Wildman–Crippen LogP) is 1.56. The quantitative estimate of drug-likeness (QED) is 0.567. The maximum Gasteiger partial charge on any atom is 0.366 e. The largest absolute Gasteiger partial charge is 0.560 e. The van der Waals surface area contributed by atoms with Gasteiger partial charge in [-0.05, 0) is 12.1 Å². The van der Waals surface area contributed by atoms with Crippen LogP contribution in [0.25, 0.3) is 0 Å². The van der Waals surface area contributed by atoms with E-state index < -0.39 is 0 Å². The third-order valence-corrected chi connectivity index (χ3v) is 1.11. The summed E-state index contributed by atoms with van der Waals surface area (Å²) in [6, 6.07) is 9.69. The van der Waals surface area contributed by atoms with E-state index in [2.05, 4.69) is 6.58 Å². The normalized spacial score (nSPS) is 8.40. The summed E-state index contributed by atoms with van der Waals surface area (Å²) in [6.45, 7) is 3.55. The molecule has 0 fully saturated rings. The number of para-hydroxylation sites is 1. The first kappa shape index (κ1) is 6.94. The first-order valence-corrected chi connectivity index (χ1v) is 3.22. The van der Waals surface area contributed by atoms with Crippen LogP contribution < -0.4 is 4.65 Å². The molecule has 0 aliphatic heterocycles. The molecule has 0 saturated heterocycles. The van der Waals surface area contributed by atoms with Crippen LogP contribution in [0.15, 0.2) is 42.9 Å². The van der Waals surface area contributed by atoms with Crippen molar-refractivity contribution in [2.45, 2.75) is 0 Å². The Balaban J connectivity index is 2.50. The number of benzene rings is 1. The summed E-state index contributed by atoms with van der Waals surface area (Å²) in [4.78, 5) is 0. The Morgan fingerprint density at radius 2 is 2.00 bits per heavy atom. The molecule has 0 amide bonds. The third kappa shape index (κ3) is 1.98. The van der Waals surface area contributed by atoms with Gasteiger partial charge >= 0.3 is 7.48 Å². The van der Waals surface area contributed by atoms with Gasteiger partial charge in [-0.2, -0.15) is 0 Å². The zero-order valence-corrected chi connectivity index (χ0v) is 5.79. The van der Waals surface area contributed by atoms with Crippen LogP contribution in [0.1, 0.15) is 0 Å². The fourth-order valence-electron chi connectivity index (χ4n) is 0.672. The van der Waals surface area contributed by atoms with Crippen molar-refractivity contribution in [2.75, 3.05) is 0 Å². The fraction of sp³-hybridized carbons (Fsp3) is 0. The highest BCUT2D eigenvalue weighted by Gasteiger charge is 1.86. The van der Waals surface area contributed by atoms with Crippen LogP contribution >= 0.6 is 0 Å². The lowest BCUT2D eigenvalue weighted by Crippen LogP contribution is -1.96. The minimum absolute atomic E-state index is 0.573. The third-order valence-electron chi connectivity index (χ3n) is 1.11. The first-order valence-electron chi connectivity index (χ1n) is 3.22. The molecule has 0 aliphatic rings. The molecule has 0 spiro atoms. The molecule has 50 valence electrons. The molecular weight excluding hydrogens is 123 g/mol. The van der Waals surface area contributed by atoms with Crippen molar-refractivity contribution in [1.29, 1.82) is 0 Å². The van der Waals surface area contributed by atoms with Gasteiger partial charge in [0, 0.05) is 0 Å². The van der Waals surface area contributed by atoms with Gasteiger partial charge in [0.25, 0.3) is 0 Å². The van der Waals surface area contributed by atoms with Crippen LogP contribution in [0.4, 0.5) is 0 Å². The minimum atomic E-state index is 0.573. The second-order valence-corrected chi connectivity index (χ2v) is 1.91. The minimum Gasteiger partial charge on any atom is -0.560 e. The number of rotatable bonds is 3. The van der Waals surface area contributed by atoms with Crippen molar-refractivity contribution in [2.24, 2.45) is 0 Å². The molecule has 0 aliphatic carbocycles. The molecule has 1 aromatic carbocycles. The Labute approximate surface area is 61.6 Å². The monoisotopic (exact) mass is 132 g/mol. The van der Waals surface area contributed by atoms with Crippen LogP contribution in [0, 0.1) is 0 Å². The molecule has 1 aromatic rings. The van der Waals surface area contributed by atoms with Gasteiger partial charge in [-0.15, -0.1) is 6.58 Å². The summed E-state index contributed by atoms with van der Waals surface area (Å²) < 4.78 is 5.24. The number of hydrogen-bond donors (Lipinski definition) is 0. The first-order chi connectivity index (χ1) is 4.93. The van der Waals surface area contributed by atoms with Crippen molar-refractivity contribution >= 4 is 7.48 Å². The van der Waals surface area contributed by atoms with Crippen molar-refractivity contribution in [3.8, 4) is 5.75 Å². The van der Waals surface area contributed by atoms with E-state index in [-0.39, 0.29) is 0 Å². The predicted molar refractivity (Wildman–Crippen MR) is 44.4 cm³/mol. The molecule has 0 N–H and O–H groups in total. The van der Waals surface area contributed by atoms with Gasteiger partial charge in [0.2, 0.25) is 0 Å². The smallest absolute Gasteiger partial charge is 0.366 e. The van der Waals surface area contributed by atoms with E-state index in [0.717, 1.165) is 5.75 Å². The average molecular weight is 132 g/mol. The molecule has 10 heavy (non-hydrogen) atoms. The Morgan fingerprint density at radius 1 is 1.30 bits per heavy atom. The summed E-state index contributed by atoms with van der Waals surface area (Å²) in [5, 5.41) is 0. The maximum absolute atomic E-state index is 5.24. The highest BCUT2D eigenvalue weighted by Crippen LogP contribution is 2.06. The summed E-state index contributed by atoms with van der Waals surface area (Å²) in [7, 11) is 0.573. The van der Waals surface area contributed by atoms with Crippen LogP contribution in [0.2, 0.25) is 0 Å². The second-order valence-electron chi connectivity index (χ2n) is 1.91. The maximum atomic E-state index is 5.24. The van der Waals surface area contributed by atoms with Gasteiger partial charge in [0.05, 0.1) is 5.75 Å². The fourth-order valence-corrected chi connectivity index (χ4v) is 0.672. The van der Waals surface area contributed by atoms with E-state index in [9.17, 15) is 0 Å². The zero-order valence-electron chi connectivity index (χ0n) is 5.79. The molecule has 1 nitrogen and oxygen atoms in total. The van der Waals surface area contributed by atoms with Crippen LogP contribution in [0.3, 0.4) is 0 Å². The molecule has 1 rings (SSSR count). The molecule has 0 radical (unpaired) electrons. The molecule has 0 saturated carbocycles.